The second kappa shape index (κ2) is 9.87. The lowest BCUT2D eigenvalue weighted by Crippen LogP contribution is -2.26. The molecule has 0 bridgehead atoms. The number of halogens is 1. The van der Waals surface area contributed by atoms with Gasteiger partial charge < -0.3 is 10.1 Å². The van der Waals surface area contributed by atoms with Crippen LogP contribution in [-0.2, 0) is 10.0 Å². The first-order chi connectivity index (χ1) is 16.0. The van der Waals surface area contributed by atoms with Gasteiger partial charge in [-0.05, 0) is 61.9 Å². The van der Waals surface area contributed by atoms with Crippen LogP contribution in [0.5, 0.6) is 5.75 Å². The predicted octanol–water partition coefficient (Wildman–Crippen LogP) is 4.34. The van der Waals surface area contributed by atoms with Crippen LogP contribution in [0.1, 0.15) is 34.5 Å². The molecule has 0 unspecified atom stereocenters. The van der Waals surface area contributed by atoms with Crippen molar-refractivity contribution in [2.75, 3.05) is 11.8 Å². The minimum atomic E-state index is -4.08. The Morgan fingerprint density at radius 3 is 2.35 bits per heavy atom. The largest absolute Gasteiger partial charge is 0.494 e. The average Bonchev–Trinajstić information content (AvgIpc) is 2.79. The molecule has 9 nitrogen and oxygen atoms in total. The fourth-order valence-electron chi connectivity index (χ4n) is 3.17. The molecule has 0 aliphatic carbocycles. The second-order valence-electron chi connectivity index (χ2n) is 7.48. The third kappa shape index (κ3) is 5.49. The first kappa shape index (κ1) is 24.6. The number of benzene rings is 3. The number of anilines is 1. The van der Waals surface area contributed by atoms with Crippen LogP contribution >= 0.6 is 0 Å². The van der Waals surface area contributed by atoms with Gasteiger partial charge in [-0.3, -0.25) is 19.6 Å². The van der Waals surface area contributed by atoms with Crippen LogP contribution in [0, 0.1) is 22.9 Å². The third-order valence-corrected chi connectivity index (χ3v) is 6.49. The molecule has 1 amide bonds. The Labute approximate surface area is 195 Å². The number of carbonyl (C=O) groups is 1. The number of hydrogen-bond donors (Lipinski definition) is 2. The molecule has 0 saturated heterocycles. The molecule has 3 aromatic rings. The maximum absolute atomic E-state index is 13.9. The van der Waals surface area contributed by atoms with Gasteiger partial charge in [0.2, 0.25) is 0 Å². The van der Waals surface area contributed by atoms with E-state index in [0.717, 1.165) is 6.07 Å². The number of methoxy groups -OCH3 is 1. The van der Waals surface area contributed by atoms with E-state index in [4.69, 9.17) is 4.74 Å². The summed E-state index contributed by atoms with van der Waals surface area (Å²) in [7, 11) is -2.73. The van der Waals surface area contributed by atoms with Gasteiger partial charge in [0, 0.05) is 22.9 Å². The fraction of sp³-hybridized carbons (Fsp3) is 0.174. The van der Waals surface area contributed by atoms with Crippen LogP contribution in [0.3, 0.4) is 0 Å². The molecule has 0 fully saturated rings. The maximum Gasteiger partial charge on any atom is 0.273 e. The summed E-state index contributed by atoms with van der Waals surface area (Å²) < 4.78 is 46.4. The molecule has 0 radical (unpaired) electrons. The van der Waals surface area contributed by atoms with Gasteiger partial charge in [0.25, 0.3) is 21.6 Å². The quantitative estimate of drug-likeness (QED) is 0.359. The normalized spacial score (nSPS) is 12.0. The molecule has 0 aliphatic heterocycles. The zero-order valence-corrected chi connectivity index (χ0v) is 19.4. The van der Waals surface area contributed by atoms with Gasteiger partial charge >= 0.3 is 0 Å². The van der Waals surface area contributed by atoms with Gasteiger partial charge in [0.05, 0.1) is 23.0 Å². The summed E-state index contributed by atoms with van der Waals surface area (Å²) in [4.78, 5) is 22.7. The first-order valence-electron chi connectivity index (χ1n) is 10.0. The van der Waals surface area contributed by atoms with Gasteiger partial charge in [-0.1, -0.05) is 12.1 Å². The van der Waals surface area contributed by atoms with E-state index in [1.165, 1.54) is 62.6 Å². The minimum absolute atomic E-state index is 0.0977. The topological polar surface area (TPSA) is 128 Å². The zero-order valence-electron chi connectivity index (χ0n) is 18.5. The minimum Gasteiger partial charge on any atom is -0.494 e. The van der Waals surface area contributed by atoms with Crippen molar-refractivity contribution in [3.8, 4) is 5.75 Å². The van der Waals surface area contributed by atoms with Gasteiger partial charge in [-0.15, -0.1) is 0 Å². The molecule has 11 heteroatoms. The third-order valence-electron chi connectivity index (χ3n) is 5.11. The lowest BCUT2D eigenvalue weighted by molar-refractivity contribution is -0.385. The Morgan fingerprint density at radius 1 is 1.09 bits per heavy atom. The highest BCUT2D eigenvalue weighted by Crippen LogP contribution is 2.25. The van der Waals surface area contributed by atoms with Gasteiger partial charge in [-0.2, -0.15) is 0 Å². The van der Waals surface area contributed by atoms with Gasteiger partial charge in [0.1, 0.15) is 0 Å². The summed E-state index contributed by atoms with van der Waals surface area (Å²) in [5.74, 6) is -0.885. The van der Waals surface area contributed by atoms with Gasteiger partial charge in [0.15, 0.2) is 11.6 Å². The van der Waals surface area contributed by atoms with E-state index in [1.807, 2.05) is 0 Å². The number of nitrogens with zero attached hydrogens (tertiary/aromatic N) is 1. The van der Waals surface area contributed by atoms with Crippen molar-refractivity contribution in [2.45, 2.75) is 24.8 Å². The van der Waals surface area contributed by atoms with Gasteiger partial charge in [-0.25, -0.2) is 12.8 Å². The van der Waals surface area contributed by atoms with E-state index in [2.05, 4.69) is 10.0 Å². The Kier molecular flexibility index (Phi) is 7.16. The second-order valence-corrected chi connectivity index (χ2v) is 9.16. The van der Waals surface area contributed by atoms with Crippen molar-refractivity contribution >= 4 is 27.3 Å². The number of hydrogen-bond acceptors (Lipinski definition) is 6. The lowest BCUT2D eigenvalue weighted by Gasteiger charge is -2.15. The number of aryl methyl sites for hydroxylation is 1. The number of nitro benzene ring substituents is 1. The number of rotatable bonds is 8. The summed E-state index contributed by atoms with van der Waals surface area (Å²) in [5.41, 5.74) is 1.01. The van der Waals surface area contributed by atoms with Crippen LogP contribution < -0.4 is 14.8 Å². The molecule has 3 rings (SSSR count). The Balaban J connectivity index is 1.71. The van der Waals surface area contributed by atoms with E-state index in [-0.39, 0.29) is 27.6 Å². The number of sulfonamides is 1. The molecule has 178 valence electrons. The lowest BCUT2D eigenvalue weighted by atomic mass is 10.1. The van der Waals surface area contributed by atoms with Crippen LogP contribution in [0.2, 0.25) is 0 Å². The van der Waals surface area contributed by atoms with Crippen molar-refractivity contribution in [3.05, 3.63) is 93.3 Å². The molecule has 0 aromatic heterocycles. The average molecular weight is 488 g/mol. The van der Waals surface area contributed by atoms with E-state index < -0.39 is 32.7 Å². The molecule has 0 spiro atoms. The summed E-state index contributed by atoms with van der Waals surface area (Å²) in [6, 6.07) is 13.1. The van der Waals surface area contributed by atoms with Crippen LogP contribution in [0.25, 0.3) is 0 Å². The molecule has 0 aliphatic rings. The standard InChI is InChI=1S/C23H22FN3O6S/c1-14-4-10-19(13-21(14)27(29)30)34(31,32)26-18-8-5-16(6-9-18)23(28)25-15(2)17-7-11-22(33-3)20(24)12-17/h4-13,15,26H,1-3H3,(H,25,28)/t15-/m0/s1. The molecule has 0 saturated carbocycles. The van der Waals surface area contributed by atoms with Crippen molar-refractivity contribution in [1.82, 2.24) is 5.32 Å². The highest BCUT2D eigenvalue weighted by atomic mass is 32.2. The molecular formula is C23H22FN3O6S. The SMILES string of the molecule is COc1ccc([C@H](C)NC(=O)c2ccc(NS(=O)(=O)c3ccc(C)c([N+](=O)[O-])c3)cc2)cc1F. The molecular weight excluding hydrogens is 465 g/mol. The summed E-state index contributed by atoms with van der Waals surface area (Å²) in [6.07, 6.45) is 0. The van der Waals surface area contributed by atoms with Crippen molar-refractivity contribution < 1.29 is 27.3 Å². The summed E-state index contributed by atoms with van der Waals surface area (Å²) in [6.45, 7) is 3.21. The van der Waals surface area contributed by atoms with Crippen LogP contribution in [0.15, 0.2) is 65.6 Å². The molecule has 0 heterocycles. The summed E-state index contributed by atoms with van der Waals surface area (Å²) in [5, 5.41) is 13.8. The van der Waals surface area contributed by atoms with Crippen molar-refractivity contribution in [2.24, 2.45) is 0 Å². The number of nitrogens with one attached hydrogen (secondary N) is 2. The number of ether oxygens (including phenoxy) is 1. The van der Waals surface area contributed by atoms with E-state index in [1.54, 1.807) is 13.0 Å². The Morgan fingerprint density at radius 2 is 1.76 bits per heavy atom. The first-order valence-corrected chi connectivity index (χ1v) is 11.5. The number of amides is 1. The smallest absolute Gasteiger partial charge is 0.273 e. The molecule has 2 N–H and O–H groups in total. The highest BCUT2D eigenvalue weighted by Gasteiger charge is 2.20. The monoisotopic (exact) mass is 487 g/mol. The summed E-state index contributed by atoms with van der Waals surface area (Å²) >= 11 is 0. The molecule has 34 heavy (non-hydrogen) atoms. The van der Waals surface area contributed by atoms with Crippen molar-refractivity contribution in [3.63, 3.8) is 0 Å². The fourth-order valence-corrected chi connectivity index (χ4v) is 4.25. The predicted molar refractivity (Wildman–Crippen MR) is 124 cm³/mol. The highest BCUT2D eigenvalue weighted by molar-refractivity contribution is 7.92. The van der Waals surface area contributed by atoms with E-state index in [9.17, 15) is 27.7 Å². The Hall–Kier alpha value is -3.99. The Bertz CT molecular complexity index is 1340. The van der Waals surface area contributed by atoms with E-state index in [0.29, 0.717) is 11.1 Å². The number of nitro groups is 1. The zero-order chi connectivity index (χ0) is 25.0. The molecule has 1 atom stereocenters. The number of carbonyl (C=O) groups excluding carboxylic acids is 1. The van der Waals surface area contributed by atoms with Crippen LogP contribution in [-0.4, -0.2) is 26.4 Å². The maximum atomic E-state index is 13.9. The molecule has 3 aromatic carbocycles. The van der Waals surface area contributed by atoms with E-state index >= 15 is 0 Å². The van der Waals surface area contributed by atoms with Crippen molar-refractivity contribution in [1.29, 1.82) is 0 Å². The van der Waals surface area contributed by atoms with Crippen LogP contribution in [0.4, 0.5) is 15.8 Å².